The third kappa shape index (κ3) is 10.5. The topological polar surface area (TPSA) is 267 Å². The van der Waals surface area contributed by atoms with Crippen LogP contribution in [0.25, 0.3) is 33.4 Å². The molecule has 4 aliphatic rings. The highest BCUT2D eigenvalue weighted by molar-refractivity contribution is 7.89. The Kier molecular flexibility index (Phi) is 15.3. The molecule has 5 aromatic rings. The van der Waals surface area contributed by atoms with Gasteiger partial charge in [0.15, 0.2) is 5.11 Å². The highest BCUT2D eigenvalue weighted by atomic mass is 32.2. The SMILES string of the molecule is CC[C@@]1(OC(=O)C(NC(=O)[C@H](CCCCN)NC(=S)Nc2cccc(-c3ccc(C[C@@H](NS(=O)(=O)CC45CCC(CC4=O)C5(C)C)C(=O)O)cc3)c2)C(C)C)C(=O)OCc2c1cc1n(c2=O)Cc2cc3ccccc3nc2-1. The molecule has 406 valence electrons. The van der Waals surface area contributed by atoms with Crippen LogP contribution in [0.1, 0.15) is 102 Å². The molecule has 18 nitrogen and oxygen atoms in total. The number of esters is 2. The molecule has 20 heteroatoms. The fourth-order valence-electron chi connectivity index (χ4n) is 11.9. The summed E-state index contributed by atoms with van der Waals surface area (Å²) in [6, 6.07) is 22.0. The highest BCUT2D eigenvalue weighted by Gasteiger charge is 2.65. The van der Waals surface area contributed by atoms with E-state index in [1.807, 2.05) is 56.3 Å². The standard InChI is InChI=1S/C57H65N7O11S2/c1-6-57(41-28-45-48-37(25-36-12-7-8-15-42(36)60-48)29-64(45)50(67)40(41)30-74-53(57)71)75-52(70)47(32(2)3)62-49(66)43(16-9-10-23-58)61-54(76)59-39-14-11-13-35(26-39)34-19-17-33(18-20-34)24-44(51(68)69)63-77(72,73)31-56-22-21-38(27-46(56)65)55(56,4)5/h7-8,11-15,17-20,25-26,28,32,38,43-44,47,63H,6,9-10,16,21-24,27,29-31,58H2,1-5H3,(H,62,66)(H,68,69)(H2,59,61,76)/t38?,43-,44+,47?,56?,57-/m0/s1. The molecule has 2 aliphatic heterocycles. The Balaban J connectivity index is 0.861. The predicted molar refractivity (Wildman–Crippen MR) is 294 cm³/mol. The molecule has 0 radical (unpaired) electrons. The van der Waals surface area contributed by atoms with Gasteiger partial charge in [-0.3, -0.25) is 19.2 Å². The van der Waals surface area contributed by atoms with Crippen LogP contribution in [0.2, 0.25) is 0 Å². The fourth-order valence-corrected chi connectivity index (χ4v) is 14.2. The maximum Gasteiger partial charge on any atom is 0.355 e. The third-order valence-electron chi connectivity index (χ3n) is 16.5. The van der Waals surface area contributed by atoms with Gasteiger partial charge in [-0.15, -0.1) is 0 Å². The van der Waals surface area contributed by atoms with E-state index in [1.54, 1.807) is 67.8 Å². The number of aromatic nitrogens is 2. The number of carbonyl (C=O) groups is 5. The summed E-state index contributed by atoms with van der Waals surface area (Å²) in [5.41, 5.74) is 7.68. The van der Waals surface area contributed by atoms with Gasteiger partial charge < -0.3 is 40.8 Å². The summed E-state index contributed by atoms with van der Waals surface area (Å²) >= 11 is 5.74. The zero-order chi connectivity index (χ0) is 55.2. The van der Waals surface area contributed by atoms with E-state index in [1.165, 1.54) is 0 Å². The number of hydrogen-bond acceptors (Lipinski definition) is 13. The van der Waals surface area contributed by atoms with E-state index in [-0.39, 0.29) is 59.5 Å². The van der Waals surface area contributed by atoms with Gasteiger partial charge in [0.05, 0.1) is 34.8 Å². The van der Waals surface area contributed by atoms with Crippen molar-refractivity contribution >= 4 is 73.5 Å². The number of unbranched alkanes of at least 4 members (excludes halogenated alkanes) is 1. The summed E-state index contributed by atoms with van der Waals surface area (Å²) in [4.78, 5) is 87.1. The van der Waals surface area contributed by atoms with Crippen LogP contribution in [0.3, 0.4) is 0 Å². The fraction of sp³-hybridized carbons (Fsp3) is 0.439. The quantitative estimate of drug-likeness (QED) is 0.0281. The number of carboxylic acids is 1. The number of sulfonamides is 1. The Morgan fingerprint density at radius 2 is 1.71 bits per heavy atom. The Bertz CT molecular complexity index is 3380. The average molecular weight is 1090 g/mol. The van der Waals surface area contributed by atoms with E-state index in [0.717, 1.165) is 34.0 Å². The smallest absolute Gasteiger partial charge is 0.355 e. The Morgan fingerprint density at radius 1 is 0.961 bits per heavy atom. The number of para-hydroxylation sites is 1. The number of benzene rings is 3. The first-order valence-electron chi connectivity index (χ1n) is 26.2. The second kappa shape index (κ2) is 21.5. The third-order valence-corrected chi connectivity index (χ3v) is 18.2. The van der Waals surface area contributed by atoms with Crippen LogP contribution in [0.5, 0.6) is 0 Å². The number of nitrogens with one attached hydrogen (secondary N) is 4. The lowest BCUT2D eigenvalue weighted by Crippen LogP contribution is -2.56. The van der Waals surface area contributed by atoms with Gasteiger partial charge in [0.1, 0.15) is 30.5 Å². The summed E-state index contributed by atoms with van der Waals surface area (Å²) in [6.07, 6.45) is 2.83. The monoisotopic (exact) mass is 1090 g/mol. The number of fused-ring (bicyclic) bond motifs is 7. The van der Waals surface area contributed by atoms with Crippen molar-refractivity contribution in [3.8, 4) is 22.5 Å². The molecule has 2 saturated carbocycles. The Hall–Kier alpha value is -6.87. The molecule has 77 heavy (non-hydrogen) atoms. The van der Waals surface area contributed by atoms with E-state index >= 15 is 0 Å². The lowest BCUT2D eigenvalue weighted by atomic mass is 9.70. The number of ketones is 1. The second-order valence-electron chi connectivity index (χ2n) is 21.8. The number of thiocarbonyl (C=S) groups is 1. The molecular weight excluding hydrogens is 1020 g/mol. The molecule has 2 aliphatic carbocycles. The van der Waals surface area contributed by atoms with Crippen LogP contribution in [0.4, 0.5) is 5.69 Å². The van der Waals surface area contributed by atoms with Crippen LogP contribution in [0, 0.1) is 22.7 Å². The number of nitrogens with zero attached hydrogens (tertiary/aromatic N) is 2. The van der Waals surface area contributed by atoms with Gasteiger partial charge in [0.2, 0.25) is 21.5 Å². The molecular formula is C57H65N7O11S2. The number of carbonyl (C=O) groups excluding carboxylic acids is 4. The lowest BCUT2D eigenvalue weighted by Gasteiger charge is -2.37. The van der Waals surface area contributed by atoms with Gasteiger partial charge in [-0.05, 0) is 128 Å². The molecule has 2 fully saturated rings. The van der Waals surface area contributed by atoms with Crippen LogP contribution in [-0.2, 0) is 68.6 Å². The first-order chi connectivity index (χ1) is 36.6. The van der Waals surface area contributed by atoms with Crippen LogP contribution in [0.15, 0.2) is 89.7 Å². The minimum atomic E-state index is -4.15. The summed E-state index contributed by atoms with van der Waals surface area (Å²) in [6.45, 7) is 9.35. The lowest BCUT2D eigenvalue weighted by molar-refractivity contribution is -0.191. The van der Waals surface area contributed by atoms with Crippen molar-refractivity contribution in [2.24, 2.45) is 28.4 Å². The van der Waals surface area contributed by atoms with E-state index in [9.17, 15) is 42.3 Å². The minimum absolute atomic E-state index is 0.0652. The molecule has 0 spiro atoms. The van der Waals surface area contributed by atoms with Gasteiger partial charge in [-0.2, -0.15) is 0 Å². The maximum absolute atomic E-state index is 14.4. The van der Waals surface area contributed by atoms with Crippen LogP contribution in [-0.4, -0.2) is 88.2 Å². The first kappa shape index (κ1) is 54.9. The number of aliphatic carboxylic acids is 1. The van der Waals surface area contributed by atoms with Gasteiger partial charge >= 0.3 is 17.9 Å². The number of rotatable bonds is 20. The van der Waals surface area contributed by atoms with Crippen molar-refractivity contribution in [1.29, 1.82) is 0 Å². The van der Waals surface area contributed by atoms with Crippen molar-refractivity contribution in [2.45, 2.75) is 123 Å². The number of carboxylic acid groups (broad SMARTS) is 1. The van der Waals surface area contributed by atoms with Crippen LogP contribution >= 0.6 is 12.2 Å². The number of hydrogen-bond donors (Lipinski definition) is 6. The molecule has 7 N–H and O–H groups in total. The zero-order valence-electron chi connectivity index (χ0n) is 43.8. The van der Waals surface area contributed by atoms with E-state index in [4.69, 9.17) is 32.4 Å². The second-order valence-corrected chi connectivity index (χ2v) is 23.9. The molecule has 4 heterocycles. The van der Waals surface area contributed by atoms with Crippen molar-refractivity contribution in [3.05, 3.63) is 118 Å². The minimum Gasteiger partial charge on any atom is -0.480 e. The van der Waals surface area contributed by atoms with Gasteiger partial charge in [0, 0.05) is 34.0 Å². The number of amides is 1. The summed E-state index contributed by atoms with van der Waals surface area (Å²) < 4.78 is 42.7. The zero-order valence-corrected chi connectivity index (χ0v) is 45.4. The number of anilines is 1. The highest BCUT2D eigenvalue weighted by Crippen LogP contribution is 2.64. The van der Waals surface area contributed by atoms with Crippen LogP contribution < -0.4 is 32.0 Å². The molecule has 0 saturated heterocycles. The Labute approximate surface area is 452 Å². The molecule has 2 aromatic heterocycles. The van der Waals surface area contributed by atoms with E-state index < -0.39 is 80.1 Å². The summed E-state index contributed by atoms with van der Waals surface area (Å²) in [5.74, 6) is -4.54. The largest absolute Gasteiger partial charge is 0.480 e. The van der Waals surface area contributed by atoms with Gasteiger partial charge in [-0.25, -0.2) is 27.7 Å². The summed E-state index contributed by atoms with van der Waals surface area (Å²) in [7, 11) is -4.15. The number of cyclic esters (lactones) is 1. The number of ether oxygens (including phenoxy) is 2. The summed E-state index contributed by atoms with van der Waals surface area (Å²) in [5, 5.41) is 20.2. The number of nitrogens with two attached hydrogens (primary N) is 1. The number of Topliss-reactive ketones (excluding diaryl/α,β-unsaturated/α-hetero) is 1. The Morgan fingerprint density at radius 3 is 2.39 bits per heavy atom. The normalized spacial score (nSPS) is 21.1. The predicted octanol–water partition coefficient (Wildman–Crippen LogP) is 6.23. The van der Waals surface area contributed by atoms with E-state index in [2.05, 4.69) is 20.7 Å². The maximum atomic E-state index is 14.4. The molecule has 6 atom stereocenters. The molecule has 1 amide bonds. The first-order valence-corrected chi connectivity index (χ1v) is 28.3. The molecule has 2 bridgehead atoms. The average Bonchev–Trinajstić information content (AvgIpc) is 4.18. The van der Waals surface area contributed by atoms with Crippen molar-refractivity contribution < 1.29 is 47.0 Å². The van der Waals surface area contributed by atoms with Gasteiger partial charge in [-0.1, -0.05) is 89.2 Å². The number of pyridine rings is 2. The molecule has 3 unspecified atom stereocenters. The van der Waals surface area contributed by atoms with Crippen molar-refractivity contribution in [1.82, 2.24) is 24.9 Å². The van der Waals surface area contributed by atoms with Gasteiger partial charge in [0.25, 0.3) is 5.56 Å². The van der Waals surface area contributed by atoms with Crippen molar-refractivity contribution in [3.63, 3.8) is 0 Å². The van der Waals surface area contributed by atoms with Crippen molar-refractivity contribution in [2.75, 3.05) is 17.6 Å². The molecule has 3 aromatic carbocycles. The van der Waals surface area contributed by atoms with E-state index in [0.29, 0.717) is 61.3 Å². The molecule has 9 rings (SSSR count).